The second-order valence-electron chi connectivity index (χ2n) is 4.79. The third-order valence-corrected chi connectivity index (χ3v) is 3.57. The molecule has 1 aromatic rings. The summed E-state index contributed by atoms with van der Waals surface area (Å²) in [6.07, 6.45) is 4.74. The van der Waals surface area contributed by atoms with E-state index in [0.717, 1.165) is 5.56 Å². The SMILES string of the molecule is [N-]=[N+]=NC1CCCC(=O)C1(C=Cc1ccccc1)N=[N+]=[N-]. The molecule has 1 fully saturated rings. The van der Waals surface area contributed by atoms with E-state index < -0.39 is 11.6 Å². The number of carbonyl (C=O) groups excluding carboxylic acids is 1. The summed E-state index contributed by atoms with van der Waals surface area (Å²) in [6.45, 7) is 0. The summed E-state index contributed by atoms with van der Waals surface area (Å²) in [4.78, 5) is 17.9. The number of ketones is 1. The molecule has 1 aromatic carbocycles. The van der Waals surface area contributed by atoms with E-state index in [0.29, 0.717) is 19.3 Å². The van der Waals surface area contributed by atoms with Gasteiger partial charge in [0.1, 0.15) is 11.3 Å². The predicted molar refractivity (Wildman–Crippen MR) is 79.1 cm³/mol. The molecule has 2 unspecified atom stereocenters. The summed E-state index contributed by atoms with van der Waals surface area (Å²) < 4.78 is 0. The average molecular weight is 282 g/mol. The monoisotopic (exact) mass is 282 g/mol. The molecule has 0 heterocycles. The summed E-state index contributed by atoms with van der Waals surface area (Å²) in [5.41, 5.74) is 17.0. The first-order chi connectivity index (χ1) is 10.2. The highest BCUT2D eigenvalue weighted by Crippen LogP contribution is 2.34. The molecule has 106 valence electrons. The van der Waals surface area contributed by atoms with Gasteiger partial charge in [-0.05, 0) is 29.5 Å². The van der Waals surface area contributed by atoms with E-state index in [9.17, 15) is 4.79 Å². The minimum Gasteiger partial charge on any atom is -0.299 e. The Morgan fingerprint density at radius 3 is 2.67 bits per heavy atom. The number of hydrogen-bond acceptors (Lipinski definition) is 3. The zero-order valence-corrected chi connectivity index (χ0v) is 11.3. The maximum absolute atomic E-state index is 12.3. The van der Waals surface area contributed by atoms with Crippen molar-refractivity contribution in [3.8, 4) is 0 Å². The van der Waals surface area contributed by atoms with E-state index in [1.54, 1.807) is 12.2 Å². The van der Waals surface area contributed by atoms with Gasteiger partial charge in [-0.1, -0.05) is 52.7 Å². The van der Waals surface area contributed by atoms with Gasteiger partial charge in [-0.15, -0.1) is 0 Å². The fourth-order valence-corrected chi connectivity index (χ4v) is 2.49. The van der Waals surface area contributed by atoms with Gasteiger partial charge in [-0.2, -0.15) is 0 Å². The largest absolute Gasteiger partial charge is 0.299 e. The molecule has 0 aromatic heterocycles. The number of benzene rings is 1. The van der Waals surface area contributed by atoms with Crippen molar-refractivity contribution < 1.29 is 4.79 Å². The molecule has 0 spiro atoms. The Labute approximate surface area is 121 Å². The average Bonchev–Trinajstić information content (AvgIpc) is 2.51. The Morgan fingerprint density at radius 2 is 2.00 bits per heavy atom. The summed E-state index contributed by atoms with van der Waals surface area (Å²) >= 11 is 0. The molecule has 2 atom stereocenters. The Balaban J connectivity index is 2.46. The van der Waals surface area contributed by atoms with Crippen LogP contribution in [0.4, 0.5) is 0 Å². The smallest absolute Gasteiger partial charge is 0.149 e. The summed E-state index contributed by atoms with van der Waals surface area (Å²) in [5, 5.41) is 7.35. The third-order valence-electron chi connectivity index (χ3n) is 3.57. The Hall–Kier alpha value is -2.75. The zero-order valence-electron chi connectivity index (χ0n) is 11.3. The predicted octanol–water partition coefficient (Wildman–Crippen LogP) is 4.18. The fourth-order valence-electron chi connectivity index (χ4n) is 2.49. The molecule has 1 aliphatic rings. The van der Waals surface area contributed by atoms with Crippen molar-refractivity contribution in [3.05, 3.63) is 62.9 Å². The molecule has 21 heavy (non-hydrogen) atoms. The Kier molecular flexibility index (Phi) is 4.61. The molecule has 1 aliphatic carbocycles. The third kappa shape index (κ3) is 3.05. The normalized spacial score (nSPS) is 25.1. The van der Waals surface area contributed by atoms with E-state index >= 15 is 0 Å². The van der Waals surface area contributed by atoms with Crippen molar-refractivity contribution in [3.63, 3.8) is 0 Å². The van der Waals surface area contributed by atoms with Gasteiger partial charge in [0.25, 0.3) is 0 Å². The van der Waals surface area contributed by atoms with Crippen LogP contribution in [0.5, 0.6) is 0 Å². The van der Waals surface area contributed by atoms with Crippen molar-refractivity contribution in [1.82, 2.24) is 0 Å². The molecule has 7 heteroatoms. The standard InChI is InChI=1S/C14H14N6O/c15-19-17-12-7-4-8-13(21)14(12,18-20-16)10-9-11-5-2-1-3-6-11/h1-3,5-6,9-10,12H,4,7-8H2. The molecule has 1 saturated carbocycles. The Bertz CT molecular complexity index is 643. The van der Waals surface area contributed by atoms with Gasteiger partial charge < -0.3 is 0 Å². The highest BCUT2D eigenvalue weighted by atomic mass is 16.1. The zero-order chi connectivity index (χ0) is 15.1. The number of nitrogens with zero attached hydrogens (tertiary/aromatic N) is 6. The van der Waals surface area contributed by atoms with E-state index in [4.69, 9.17) is 11.1 Å². The number of carbonyl (C=O) groups is 1. The number of rotatable bonds is 4. The van der Waals surface area contributed by atoms with Crippen molar-refractivity contribution in [1.29, 1.82) is 0 Å². The quantitative estimate of drug-likeness (QED) is 0.460. The van der Waals surface area contributed by atoms with Gasteiger partial charge in [-0.3, -0.25) is 4.79 Å². The van der Waals surface area contributed by atoms with Gasteiger partial charge in [0.15, 0.2) is 0 Å². The van der Waals surface area contributed by atoms with Crippen LogP contribution < -0.4 is 0 Å². The summed E-state index contributed by atoms with van der Waals surface area (Å²) in [7, 11) is 0. The molecule has 0 bridgehead atoms. The number of Topliss-reactive ketones (excluding diaryl/α,β-unsaturated/α-hetero) is 1. The lowest BCUT2D eigenvalue weighted by molar-refractivity contribution is -0.124. The first-order valence-electron chi connectivity index (χ1n) is 6.61. The Morgan fingerprint density at radius 1 is 1.24 bits per heavy atom. The number of hydrogen-bond donors (Lipinski definition) is 0. The van der Waals surface area contributed by atoms with Crippen LogP contribution in [0.1, 0.15) is 24.8 Å². The summed E-state index contributed by atoms with van der Waals surface area (Å²) in [5.74, 6) is -0.212. The first kappa shape index (κ1) is 14.7. The second kappa shape index (κ2) is 6.61. The van der Waals surface area contributed by atoms with Crippen molar-refractivity contribution in [2.45, 2.75) is 30.8 Å². The molecule has 0 radical (unpaired) electrons. The molecule has 0 N–H and O–H groups in total. The van der Waals surface area contributed by atoms with Gasteiger partial charge >= 0.3 is 0 Å². The van der Waals surface area contributed by atoms with E-state index in [1.807, 2.05) is 30.3 Å². The topological polar surface area (TPSA) is 115 Å². The van der Waals surface area contributed by atoms with Crippen LogP contribution in [0.3, 0.4) is 0 Å². The molecule has 0 saturated heterocycles. The van der Waals surface area contributed by atoms with Gasteiger partial charge in [0, 0.05) is 16.2 Å². The van der Waals surface area contributed by atoms with Gasteiger partial charge in [0.2, 0.25) is 0 Å². The van der Waals surface area contributed by atoms with Crippen molar-refractivity contribution in [2.75, 3.05) is 0 Å². The van der Waals surface area contributed by atoms with Crippen LogP contribution in [-0.2, 0) is 4.79 Å². The lowest BCUT2D eigenvalue weighted by Crippen LogP contribution is -2.47. The fraction of sp³-hybridized carbons (Fsp3) is 0.357. The maximum atomic E-state index is 12.3. The second-order valence-corrected chi connectivity index (χ2v) is 4.79. The first-order valence-corrected chi connectivity index (χ1v) is 6.61. The lowest BCUT2D eigenvalue weighted by Gasteiger charge is -2.34. The molecular weight excluding hydrogens is 268 g/mol. The van der Waals surface area contributed by atoms with Gasteiger partial charge in [-0.25, -0.2) is 0 Å². The maximum Gasteiger partial charge on any atom is 0.149 e. The highest BCUT2D eigenvalue weighted by molar-refractivity contribution is 5.93. The van der Waals surface area contributed by atoms with Crippen LogP contribution in [0.15, 0.2) is 46.6 Å². The van der Waals surface area contributed by atoms with E-state index in [-0.39, 0.29) is 5.78 Å². The van der Waals surface area contributed by atoms with E-state index in [1.165, 1.54) is 0 Å². The molecular formula is C14H14N6O. The minimum atomic E-state index is -1.42. The molecule has 2 rings (SSSR count). The summed E-state index contributed by atoms with van der Waals surface area (Å²) in [6, 6.07) is 8.68. The van der Waals surface area contributed by atoms with E-state index in [2.05, 4.69) is 20.1 Å². The van der Waals surface area contributed by atoms with Gasteiger partial charge in [0.05, 0.1) is 6.04 Å². The molecule has 0 amide bonds. The van der Waals surface area contributed by atoms with Crippen LogP contribution >= 0.6 is 0 Å². The van der Waals surface area contributed by atoms with Crippen molar-refractivity contribution in [2.24, 2.45) is 10.2 Å². The number of azide groups is 2. The van der Waals surface area contributed by atoms with Crippen LogP contribution in [0.2, 0.25) is 0 Å². The highest BCUT2D eigenvalue weighted by Gasteiger charge is 2.44. The van der Waals surface area contributed by atoms with Crippen molar-refractivity contribution >= 4 is 11.9 Å². The molecule has 0 aliphatic heterocycles. The minimum absolute atomic E-state index is 0.212. The molecule has 7 nitrogen and oxygen atoms in total. The lowest BCUT2D eigenvalue weighted by atomic mass is 9.77. The van der Waals surface area contributed by atoms with Crippen LogP contribution in [0, 0.1) is 0 Å². The van der Waals surface area contributed by atoms with Crippen LogP contribution in [-0.4, -0.2) is 17.4 Å². The van der Waals surface area contributed by atoms with Crippen LogP contribution in [0.25, 0.3) is 27.0 Å².